The molecule has 2 aromatic rings. The Morgan fingerprint density at radius 2 is 2.21 bits per heavy atom. The van der Waals surface area contributed by atoms with Crippen molar-refractivity contribution in [1.29, 1.82) is 0 Å². The van der Waals surface area contributed by atoms with Gasteiger partial charge in [-0.1, -0.05) is 17.7 Å². The Bertz CT molecular complexity index is 732. The van der Waals surface area contributed by atoms with Crippen LogP contribution in [-0.4, -0.2) is 45.9 Å². The molecule has 0 spiro atoms. The molecule has 7 heteroatoms. The SMILES string of the molecule is C[C@@H](CC(=O)N1CCN(c2cccc(Cl)c2)C(=O)C1)n1ccnc1. The van der Waals surface area contributed by atoms with Crippen LogP contribution in [-0.2, 0) is 9.59 Å². The van der Waals surface area contributed by atoms with Crippen LogP contribution in [0.25, 0.3) is 0 Å². The summed E-state index contributed by atoms with van der Waals surface area (Å²) >= 11 is 5.99. The van der Waals surface area contributed by atoms with Crippen molar-refractivity contribution >= 4 is 29.1 Å². The number of carbonyl (C=O) groups is 2. The van der Waals surface area contributed by atoms with Crippen LogP contribution < -0.4 is 4.90 Å². The normalized spacial score (nSPS) is 16.3. The monoisotopic (exact) mass is 346 g/mol. The van der Waals surface area contributed by atoms with E-state index in [4.69, 9.17) is 11.6 Å². The van der Waals surface area contributed by atoms with Crippen molar-refractivity contribution in [3.05, 3.63) is 48.0 Å². The number of benzene rings is 1. The number of aromatic nitrogens is 2. The van der Waals surface area contributed by atoms with Crippen molar-refractivity contribution in [1.82, 2.24) is 14.5 Å². The summed E-state index contributed by atoms with van der Waals surface area (Å²) in [5.74, 6) is -0.109. The molecule has 0 N–H and O–H groups in total. The van der Waals surface area contributed by atoms with Gasteiger partial charge in [0.2, 0.25) is 11.8 Å². The minimum absolute atomic E-state index is 0.0149. The topological polar surface area (TPSA) is 58.4 Å². The van der Waals surface area contributed by atoms with Crippen LogP contribution >= 0.6 is 11.6 Å². The predicted molar refractivity (Wildman–Crippen MR) is 91.9 cm³/mol. The number of hydrogen-bond donors (Lipinski definition) is 0. The fraction of sp³-hybridized carbons (Fsp3) is 0.353. The summed E-state index contributed by atoms with van der Waals surface area (Å²) in [7, 11) is 0. The lowest BCUT2D eigenvalue weighted by Crippen LogP contribution is -2.52. The third-order valence-corrected chi connectivity index (χ3v) is 4.43. The maximum atomic E-state index is 12.4. The Hall–Kier alpha value is -2.34. The van der Waals surface area contributed by atoms with E-state index in [0.29, 0.717) is 24.5 Å². The first-order chi connectivity index (χ1) is 11.5. The Balaban J connectivity index is 1.61. The van der Waals surface area contributed by atoms with Gasteiger partial charge in [0.15, 0.2) is 0 Å². The lowest BCUT2D eigenvalue weighted by Gasteiger charge is -2.35. The number of piperazine rings is 1. The molecule has 0 bridgehead atoms. The molecule has 1 aliphatic rings. The van der Waals surface area contributed by atoms with Crippen LogP contribution in [0.2, 0.25) is 5.02 Å². The molecule has 1 aromatic carbocycles. The smallest absolute Gasteiger partial charge is 0.246 e. The number of anilines is 1. The van der Waals surface area contributed by atoms with Crippen molar-refractivity contribution in [2.75, 3.05) is 24.5 Å². The van der Waals surface area contributed by atoms with Gasteiger partial charge in [-0.3, -0.25) is 9.59 Å². The summed E-state index contributed by atoms with van der Waals surface area (Å²) < 4.78 is 1.89. The lowest BCUT2D eigenvalue weighted by atomic mass is 10.2. The van der Waals surface area contributed by atoms with E-state index in [0.717, 1.165) is 5.69 Å². The van der Waals surface area contributed by atoms with Gasteiger partial charge in [-0.25, -0.2) is 4.98 Å². The number of carbonyl (C=O) groups excluding carboxylic acids is 2. The lowest BCUT2D eigenvalue weighted by molar-refractivity contribution is -0.137. The molecule has 1 fully saturated rings. The first-order valence-electron chi connectivity index (χ1n) is 7.86. The second-order valence-corrected chi connectivity index (χ2v) is 6.34. The van der Waals surface area contributed by atoms with E-state index >= 15 is 0 Å². The maximum absolute atomic E-state index is 12.4. The zero-order chi connectivity index (χ0) is 17.1. The fourth-order valence-corrected chi connectivity index (χ4v) is 3.00. The van der Waals surface area contributed by atoms with E-state index in [9.17, 15) is 9.59 Å². The minimum atomic E-state index is -0.0906. The largest absolute Gasteiger partial charge is 0.334 e. The quantitative estimate of drug-likeness (QED) is 0.854. The van der Waals surface area contributed by atoms with Crippen molar-refractivity contribution in [3.8, 4) is 0 Å². The van der Waals surface area contributed by atoms with Gasteiger partial charge in [-0.05, 0) is 25.1 Å². The molecular weight excluding hydrogens is 328 g/mol. The van der Waals surface area contributed by atoms with E-state index in [1.54, 1.807) is 34.5 Å². The summed E-state index contributed by atoms with van der Waals surface area (Å²) in [5, 5.41) is 0.591. The standard InChI is InChI=1S/C17H19ClN4O2/c1-13(21-6-5-19-12-21)9-16(23)20-7-8-22(17(24)11-20)15-4-2-3-14(18)10-15/h2-6,10,12-13H,7-9,11H2,1H3/t13-/m0/s1. The molecular formula is C17H19ClN4O2. The molecule has 1 aliphatic heterocycles. The predicted octanol–water partition coefficient (Wildman–Crippen LogP) is 2.36. The van der Waals surface area contributed by atoms with Crippen LogP contribution in [0.3, 0.4) is 0 Å². The second-order valence-electron chi connectivity index (χ2n) is 5.90. The van der Waals surface area contributed by atoms with Crippen LogP contribution in [0.1, 0.15) is 19.4 Å². The first-order valence-corrected chi connectivity index (χ1v) is 8.23. The molecule has 1 aromatic heterocycles. The van der Waals surface area contributed by atoms with Crippen molar-refractivity contribution in [2.24, 2.45) is 0 Å². The maximum Gasteiger partial charge on any atom is 0.246 e. The minimum Gasteiger partial charge on any atom is -0.334 e. The van der Waals surface area contributed by atoms with Gasteiger partial charge in [-0.15, -0.1) is 0 Å². The van der Waals surface area contributed by atoms with Crippen molar-refractivity contribution < 1.29 is 9.59 Å². The van der Waals surface area contributed by atoms with Gasteiger partial charge in [0.05, 0.1) is 6.33 Å². The number of imidazole rings is 1. The van der Waals surface area contributed by atoms with Gasteiger partial charge in [0, 0.05) is 48.7 Å². The van der Waals surface area contributed by atoms with E-state index in [-0.39, 0.29) is 24.4 Å². The number of hydrogen-bond acceptors (Lipinski definition) is 3. The summed E-state index contributed by atoms with van der Waals surface area (Å²) in [6, 6.07) is 7.21. The molecule has 0 unspecified atom stereocenters. The molecule has 3 rings (SSSR count). The zero-order valence-electron chi connectivity index (χ0n) is 13.4. The Labute approximate surface area is 145 Å². The summed E-state index contributed by atoms with van der Waals surface area (Å²) in [6.07, 6.45) is 5.56. The molecule has 2 amide bonds. The highest BCUT2D eigenvalue weighted by molar-refractivity contribution is 6.30. The van der Waals surface area contributed by atoms with Gasteiger partial charge in [-0.2, -0.15) is 0 Å². The molecule has 6 nitrogen and oxygen atoms in total. The van der Waals surface area contributed by atoms with E-state index in [1.807, 2.05) is 29.8 Å². The molecule has 1 saturated heterocycles. The first kappa shape index (κ1) is 16.5. The van der Waals surface area contributed by atoms with Crippen molar-refractivity contribution in [3.63, 3.8) is 0 Å². The average Bonchev–Trinajstić information content (AvgIpc) is 3.09. The highest BCUT2D eigenvalue weighted by atomic mass is 35.5. The average molecular weight is 347 g/mol. The van der Waals surface area contributed by atoms with E-state index in [2.05, 4.69) is 4.98 Å². The number of nitrogens with zero attached hydrogens (tertiary/aromatic N) is 4. The molecule has 24 heavy (non-hydrogen) atoms. The Morgan fingerprint density at radius 3 is 2.88 bits per heavy atom. The second kappa shape index (κ2) is 7.05. The van der Waals surface area contributed by atoms with Crippen LogP contribution in [0.5, 0.6) is 0 Å². The fourth-order valence-electron chi connectivity index (χ4n) is 2.82. The summed E-state index contributed by atoms with van der Waals surface area (Å²) in [4.78, 5) is 32.1. The number of amides is 2. The van der Waals surface area contributed by atoms with Gasteiger partial charge >= 0.3 is 0 Å². The highest BCUT2D eigenvalue weighted by Gasteiger charge is 2.28. The van der Waals surface area contributed by atoms with Crippen molar-refractivity contribution in [2.45, 2.75) is 19.4 Å². The molecule has 0 radical (unpaired) electrons. The van der Waals surface area contributed by atoms with Crippen LogP contribution in [0.15, 0.2) is 43.0 Å². The molecule has 2 heterocycles. The third-order valence-electron chi connectivity index (χ3n) is 4.20. The van der Waals surface area contributed by atoms with Gasteiger partial charge < -0.3 is 14.4 Å². The molecule has 0 saturated carbocycles. The van der Waals surface area contributed by atoms with Crippen LogP contribution in [0, 0.1) is 0 Å². The van der Waals surface area contributed by atoms with Gasteiger partial charge in [0.25, 0.3) is 0 Å². The van der Waals surface area contributed by atoms with Crippen LogP contribution in [0.4, 0.5) is 5.69 Å². The molecule has 0 aliphatic carbocycles. The summed E-state index contributed by atoms with van der Waals surface area (Å²) in [6.45, 7) is 3.06. The van der Waals surface area contributed by atoms with Gasteiger partial charge in [0.1, 0.15) is 6.54 Å². The summed E-state index contributed by atoms with van der Waals surface area (Å²) in [5.41, 5.74) is 0.770. The van der Waals surface area contributed by atoms with E-state index in [1.165, 1.54) is 0 Å². The third kappa shape index (κ3) is 3.59. The molecule has 1 atom stereocenters. The number of rotatable bonds is 4. The number of halogens is 1. The zero-order valence-corrected chi connectivity index (χ0v) is 14.2. The Kier molecular flexibility index (Phi) is 4.85. The Morgan fingerprint density at radius 1 is 1.38 bits per heavy atom. The highest BCUT2D eigenvalue weighted by Crippen LogP contribution is 2.22. The molecule has 126 valence electrons. The van der Waals surface area contributed by atoms with E-state index < -0.39 is 0 Å².